The van der Waals surface area contributed by atoms with Gasteiger partial charge in [-0.1, -0.05) is 28.1 Å². The lowest BCUT2D eigenvalue weighted by Crippen LogP contribution is -2.33. The van der Waals surface area contributed by atoms with Crippen molar-refractivity contribution in [3.63, 3.8) is 0 Å². The molecule has 1 heterocycles. The van der Waals surface area contributed by atoms with Crippen molar-refractivity contribution in [2.24, 2.45) is 0 Å². The Balaban J connectivity index is 2.01. The summed E-state index contributed by atoms with van der Waals surface area (Å²) in [7, 11) is 2.82. The Labute approximate surface area is 152 Å². The second-order valence-electron chi connectivity index (χ2n) is 5.56. The molecule has 0 aromatic heterocycles. The maximum Gasteiger partial charge on any atom is 0.333 e. The molecule has 5 nitrogen and oxygen atoms in total. The van der Waals surface area contributed by atoms with Crippen LogP contribution in [-0.4, -0.2) is 31.0 Å². The first-order chi connectivity index (χ1) is 12.0. The molecule has 1 aliphatic rings. The van der Waals surface area contributed by atoms with Crippen LogP contribution in [0.2, 0.25) is 0 Å². The Morgan fingerprint density at radius 1 is 1.24 bits per heavy atom. The Hall–Kier alpha value is -2.41. The fourth-order valence-corrected chi connectivity index (χ4v) is 3.56. The molecule has 0 spiro atoms. The Morgan fingerprint density at radius 3 is 2.52 bits per heavy atom. The highest BCUT2D eigenvalue weighted by atomic mass is 79.9. The number of methoxy groups -OCH3 is 2. The maximum atomic E-state index is 13.7. The summed E-state index contributed by atoms with van der Waals surface area (Å²) in [5.41, 5.74) is 1.40. The number of ether oxygens (including phenoxy) is 2. The van der Waals surface area contributed by atoms with Gasteiger partial charge in [0.05, 0.1) is 14.2 Å². The van der Waals surface area contributed by atoms with Crippen LogP contribution in [0.5, 0.6) is 5.75 Å². The molecule has 25 heavy (non-hydrogen) atoms. The SMILES string of the molecule is COC(=O)C1c2c(Br)cc(F)cc2C(=O)N1Cc1ccc(OC)cc1. The van der Waals surface area contributed by atoms with Crippen molar-refractivity contribution in [2.75, 3.05) is 14.2 Å². The van der Waals surface area contributed by atoms with Gasteiger partial charge in [0.1, 0.15) is 11.6 Å². The van der Waals surface area contributed by atoms with Gasteiger partial charge in [-0.15, -0.1) is 0 Å². The van der Waals surface area contributed by atoms with Crippen molar-refractivity contribution in [1.82, 2.24) is 4.90 Å². The predicted octanol–water partition coefficient (Wildman–Crippen LogP) is 3.47. The lowest BCUT2D eigenvalue weighted by atomic mass is 10.0. The summed E-state index contributed by atoms with van der Waals surface area (Å²) in [5, 5.41) is 0. The topological polar surface area (TPSA) is 55.8 Å². The summed E-state index contributed by atoms with van der Waals surface area (Å²) in [4.78, 5) is 26.5. The van der Waals surface area contributed by atoms with Crippen LogP contribution in [0.3, 0.4) is 0 Å². The van der Waals surface area contributed by atoms with E-state index in [0.29, 0.717) is 15.8 Å². The van der Waals surface area contributed by atoms with Crippen LogP contribution in [0.25, 0.3) is 0 Å². The Morgan fingerprint density at radius 2 is 1.92 bits per heavy atom. The van der Waals surface area contributed by atoms with Crippen LogP contribution < -0.4 is 4.74 Å². The summed E-state index contributed by atoms with van der Waals surface area (Å²) < 4.78 is 24.1. The van der Waals surface area contributed by atoms with Crippen LogP contribution in [0.1, 0.15) is 27.5 Å². The zero-order chi connectivity index (χ0) is 18.1. The van der Waals surface area contributed by atoms with Crippen molar-refractivity contribution in [3.05, 3.63) is 63.4 Å². The highest BCUT2D eigenvalue weighted by Crippen LogP contribution is 2.40. The molecule has 1 atom stereocenters. The molecule has 2 aromatic carbocycles. The van der Waals surface area contributed by atoms with E-state index in [-0.39, 0.29) is 12.1 Å². The fraction of sp³-hybridized carbons (Fsp3) is 0.222. The van der Waals surface area contributed by atoms with Gasteiger partial charge in [0.15, 0.2) is 6.04 Å². The molecule has 1 amide bonds. The van der Waals surface area contributed by atoms with Gasteiger partial charge < -0.3 is 14.4 Å². The van der Waals surface area contributed by atoms with Gasteiger partial charge in [-0.2, -0.15) is 0 Å². The zero-order valence-electron chi connectivity index (χ0n) is 13.6. The number of fused-ring (bicyclic) bond motifs is 1. The third-order valence-electron chi connectivity index (χ3n) is 4.11. The van der Waals surface area contributed by atoms with E-state index >= 15 is 0 Å². The quantitative estimate of drug-likeness (QED) is 0.728. The molecule has 1 unspecified atom stereocenters. The molecule has 0 saturated heterocycles. The molecular formula is C18H15BrFNO4. The normalized spacial score (nSPS) is 15.9. The smallest absolute Gasteiger partial charge is 0.333 e. The van der Waals surface area contributed by atoms with Gasteiger partial charge in [-0.3, -0.25) is 4.79 Å². The van der Waals surface area contributed by atoms with E-state index in [1.807, 2.05) is 0 Å². The third-order valence-corrected chi connectivity index (χ3v) is 4.76. The lowest BCUT2D eigenvalue weighted by Gasteiger charge is -2.23. The van der Waals surface area contributed by atoms with Crippen molar-refractivity contribution in [3.8, 4) is 5.75 Å². The van der Waals surface area contributed by atoms with Crippen molar-refractivity contribution >= 4 is 27.8 Å². The monoisotopic (exact) mass is 407 g/mol. The molecule has 1 aliphatic heterocycles. The molecule has 0 saturated carbocycles. The van der Waals surface area contributed by atoms with Crippen molar-refractivity contribution in [1.29, 1.82) is 0 Å². The number of amides is 1. The largest absolute Gasteiger partial charge is 0.497 e. The minimum absolute atomic E-state index is 0.163. The summed E-state index contributed by atoms with van der Waals surface area (Å²) in [5.74, 6) is -0.850. The zero-order valence-corrected chi connectivity index (χ0v) is 15.2. The van der Waals surface area contributed by atoms with Crippen LogP contribution in [0.4, 0.5) is 4.39 Å². The molecule has 130 valence electrons. The minimum atomic E-state index is -0.926. The molecule has 7 heteroatoms. The number of esters is 1. The van der Waals surface area contributed by atoms with E-state index in [9.17, 15) is 14.0 Å². The van der Waals surface area contributed by atoms with Crippen molar-refractivity contribution < 1.29 is 23.5 Å². The molecule has 3 rings (SSSR count). The number of halogens is 2. The average Bonchev–Trinajstić information content (AvgIpc) is 2.88. The first-order valence-electron chi connectivity index (χ1n) is 7.47. The van der Waals surface area contributed by atoms with E-state index < -0.39 is 23.7 Å². The van der Waals surface area contributed by atoms with Gasteiger partial charge in [0.2, 0.25) is 0 Å². The van der Waals surface area contributed by atoms with E-state index in [1.54, 1.807) is 31.4 Å². The van der Waals surface area contributed by atoms with Crippen LogP contribution in [0, 0.1) is 5.82 Å². The van der Waals surface area contributed by atoms with Crippen LogP contribution in [-0.2, 0) is 16.1 Å². The molecule has 0 bridgehead atoms. The van der Waals surface area contributed by atoms with Gasteiger partial charge in [0, 0.05) is 22.1 Å². The Bertz CT molecular complexity index is 838. The van der Waals surface area contributed by atoms with Gasteiger partial charge in [-0.05, 0) is 29.8 Å². The summed E-state index contributed by atoms with van der Waals surface area (Å²) in [6.45, 7) is 0.186. The highest BCUT2D eigenvalue weighted by Gasteiger charge is 2.43. The number of carbonyl (C=O) groups excluding carboxylic acids is 2. The van der Waals surface area contributed by atoms with E-state index in [1.165, 1.54) is 18.1 Å². The first-order valence-corrected chi connectivity index (χ1v) is 8.26. The third kappa shape index (κ3) is 3.11. The molecule has 0 aliphatic carbocycles. The summed E-state index contributed by atoms with van der Waals surface area (Å²) >= 11 is 3.25. The average molecular weight is 408 g/mol. The molecular weight excluding hydrogens is 393 g/mol. The number of carbonyl (C=O) groups is 2. The maximum absolute atomic E-state index is 13.7. The number of nitrogens with zero attached hydrogens (tertiary/aromatic N) is 1. The van der Waals surface area contributed by atoms with Crippen molar-refractivity contribution in [2.45, 2.75) is 12.6 Å². The lowest BCUT2D eigenvalue weighted by molar-refractivity contribution is -0.146. The first kappa shape index (κ1) is 17.4. The van der Waals surface area contributed by atoms with E-state index in [2.05, 4.69) is 15.9 Å². The fourth-order valence-electron chi connectivity index (χ4n) is 2.91. The summed E-state index contributed by atoms with van der Waals surface area (Å²) in [6.07, 6.45) is 0. The van der Waals surface area contributed by atoms with Gasteiger partial charge in [0.25, 0.3) is 5.91 Å². The van der Waals surface area contributed by atoms with Crippen LogP contribution >= 0.6 is 15.9 Å². The van der Waals surface area contributed by atoms with Gasteiger partial charge >= 0.3 is 5.97 Å². The number of hydrogen-bond acceptors (Lipinski definition) is 4. The standard InChI is InChI=1S/C18H15BrFNO4/c1-24-12-5-3-10(4-6-12)9-21-16(18(23)25-2)15-13(17(21)22)7-11(20)8-14(15)19/h3-8,16H,9H2,1-2H3. The predicted molar refractivity (Wildman–Crippen MR) is 91.7 cm³/mol. The molecule has 0 N–H and O–H groups in total. The highest BCUT2D eigenvalue weighted by molar-refractivity contribution is 9.10. The summed E-state index contributed by atoms with van der Waals surface area (Å²) in [6, 6.07) is 8.60. The van der Waals surface area contributed by atoms with Gasteiger partial charge in [-0.25, -0.2) is 9.18 Å². The second kappa shape index (κ2) is 6.84. The molecule has 2 aromatic rings. The minimum Gasteiger partial charge on any atom is -0.497 e. The molecule has 0 radical (unpaired) electrons. The number of rotatable bonds is 4. The number of hydrogen-bond donors (Lipinski definition) is 0. The number of benzene rings is 2. The second-order valence-corrected chi connectivity index (χ2v) is 6.41. The van der Waals surface area contributed by atoms with E-state index in [0.717, 1.165) is 11.6 Å². The van der Waals surface area contributed by atoms with Crippen LogP contribution in [0.15, 0.2) is 40.9 Å². The van der Waals surface area contributed by atoms with E-state index in [4.69, 9.17) is 9.47 Å². The Kier molecular flexibility index (Phi) is 4.76. The molecule has 0 fully saturated rings.